The van der Waals surface area contributed by atoms with Gasteiger partial charge in [-0.05, 0) is 140 Å². The first kappa shape index (κ1) is 39.1. The number of carboxylic acid groups (broad SMARTS) is 1. The number of nitro groups is 1. The van der Waals surface area contributed by atoms with Crippen LogP contribution in [-0.2, 0) is 14.4 Å². The molecule has 0 saturated heterocycles. The van der Waals surface area contributed by atoms with Crippen LogP contribution in [0.5, 0.6) is 0 Å². The molecular formula is C39H57N5O9. The lowest BCUT2D eigenvalue weighted by Gasteiger charge is -2.62. The molecule has 4 fully saturated rings. The van der Waals surface area contributed by atoms with Crippen LogP contribution in [0.25, 0.3) is 11.0 Å². The third-order valence-electron chi connectivity index (χ3n) is 14.4. The zero-order valence-electron chi connectivity index (χ0n) is 31.3. The Balaban J connectivity index is 1.01. The molecule has 14 nitrogen and oxygen atoms in total. The zero-order valence-corrected chi connectivity index (χ0v) is 31.3. The molecule has 53 heavy (non-hydrogen) atoms. The highest BCUT2D eigenvalue weighted by molar-refractivity contribution is 5.93. The molecule has 2 aromatic rings. The molecule has 6 rings (SSSR count). The molecule has 1 aromatic carbocycles. The van der Waals surface area contributed by atoms with Crippen molar-refractivity contribution in [1.29, 1.82) is 0 Å². The number of aliphatic carboxylic acids is 1. The van der Waals surface area contributed by atoms with Crippen LogP contribution >= 0.6 is 0 Å². The lowest BCUT2D eigenvalue weighted by molar-refractivity contribution is -0.383. The molecule has 0 bridgehead atoms. The molecular weight excluding hydrogens is 682 g/mol. The van der Waals surface area contributed by atoms with Gasteiger partial charge in [0.2, 0.25) is 11.4 Å². The van der Waals surface area contributed by atoms with E-state index in [2.05, 4.69) is 41.7 Å². The third-order valence-corrected chi connectivity index (χ3v) is 14.4. The molecule has 1 aromatic heterocycles. The number of unbranched alkanes of at least 4 members (excludes halogenated alkanes) is 1. The van der Waals surface area contributed by atoms with Crippen LogP contribution in [0, 0.1) is 56.5 Å². The van der Waals surface area contributed by atoms with E-state index in [9.17, 15) is 34.7 Å². The van der Waals surface area contributed by atoms with Crippen molar-refractivity contribution < 1.29 is 39.3 Å². The predicted octanol–water partition coefficient (Wildman–Crippen LogP) is 6.04. The second-order valence-corrected chi connectivity index (χ2v) is 17.2. The quantitative estimate of drug-likeness (QED) is 0.0756. The molecule has 5 N–H and O–H groups in total. The van der Waals surface area contributed by atoms with Gasteiger partial charge < -0.3 is 26.0 Å². The second-order valence-electron chi connectivity index (χ2n) is 17.2. The number of hydrogen-bond donors (Lipinski definition) is 5. The molecule has 292 valence electrons. The maximum Gasteiger partial charge on any atom is 0.303 e. The number of aliphatic hydroxyl groups excluding tert-OH is 2. The molecule has 4 saturated carbocycles. The Morgan fingerprint density at radius 3 is 2.45 bits per heavy atom. The number of anilines is 1. The number of hydrogen-bond acceptors (Lipinski definition) is 11. The van der Waals surface area contributed by atoms with Gasteiger partial charge in [-0.1, -0.05) is 20.8 Å². The van der Waals surface area contributed by atoms with Crippen molar-refractivity contribution in [1.82, 2.24) is 15.6 Å². The van der Waals surface area contributed by atoms with Crippen LogP contribution < -0.4 is 10.6 Å². The summed E-state index contributed by atoms with van der Waals surface area (Å²) in [7, 11) is 0. The lowest BCUT2D eigenvalue weighted by atomic mass is 9.43. The number of benzene rings is 1. The number of aromatic nitrogens is 2. The Kier molecular flexibility index (Phi) is 11.8. The fourth-order valence-corrected chi connectivity index (χ4v) is 11.6. The molecule has 0 aliphatic heterocycles. The number of fused-ring (bicyclic) bond motifs is 6. The first-order valence-corrected chi connectivity index (χ1v) is 19.8. The number of carboxylic acids is 1. The maximum atomic E-state index is 13.3. The first-order valence-electron chi connectivity index (χ1n) is 19.8. The van der Waals surface area contributed by atoms with Gasteiger partial charge >= 0.3 is 11.7 Å². The number of nitro benzene ring substituents is 1. The monoisotopic (exact) mass is 739 g/mol. The SMILES string of the molecule is C[C@H](CCC(=O)NC(CCCCNc1ccc([N+](=O)[O-])c2nonc12)C(=O)CCC(=O)O)[C@H]1CCC2C3C(O)CC4C[C@H](O)CC[C@]4(C)C3CC[C@@]21C. The van der Waals surface area contributed by atoms with Crippen LogP contribution in [0.4, 0.5) is 11.4 Å². The topological polar surface area (TPSA) is 218 Å². The smallest absolute Gasteiger partial charge is 0.303 e. The summed E-state index contributed by atoms with van der Waals surface area (Å²) in [5, 5.41) is 56.0. The van der Waals surface area contributed by atoms with Crippen molar-refractivity contribution in [2.45, 2.75) is 135 Å². The van der Waals surface area contributed by atoms with E-state index in [1.165, 1.54) is 6.07 Å². The van der Waals surface area contributed by atoms with Gasteiger partial charge in [0.25, 0.3) is 0 Å². The minimum atomic E-state index is -1.07. The Hall–Kier alpha value is -3.65. The van der Waals surface area contributed by atoms with Crippen LogP contribution in [-0.4, -0.2) is 73.0 Å². The van der Waals surface area contributed by atoms with Gasteiger partial charge in [-0.15, -0.1) is 0 Å². The molecule has 14 heteroatoms. The Morgan fingerprint density at radius 2 is 1.70 bits per heavy atom. The van der Waals surface area contributed by atoms with Crippen LogP contribution in [0.15, 0.2) is 16.8 Å². The average molecular weight is 740 g/mol. The van der Waals surface area contributed by atoms with E-state index in [4.69, 9.17) is 9.74 Å². The standard InChI is InChI=1S/C39H57N5O9/c1-22(25-8-9-26-35-27(16-18-39(25,26)3)38(2)17-15-24(45)20-23(38)21-32(35)47)7-13-33(48)41-28(31(46)12-14-34(49)50)6-4-5-19-40-29-10-11-30(44(51)52)37-36(29)42-53-43-37/h10-11,22-28,32,35,40,45,47H,4-9,12-21H2,1-3H3,(H,41,48)(H,49,50)/t22-,23?,24-,25-,26?,27?,28?,32?,35?,38+,39-/m1/s1. The lowest BCUT2D eigenvalue weighted by Crippen LogP contribution is -2.58. The van der Waals surface area contributed by atoms with Crippen molar-refractivity contribution in [3.8, 4) is 0 Å². The summed E-state index contributed by atoms with van der Waals surface area (Å²) in [5.41, 5.74) is 0.896. The number of aliphatic hydroxyl groups is 2. The fraction of sp³-hybridized carbons (Fsp3) is 0.769. The van der Waals surface area contributed by atoms with E-state index < -0.39 is 16.9 Å². The van der Waals surface area contributed by atoms with E-state index in [0.717, 1.165) is 51.4 Å². The van der Waals surface area contributed by atoms with Gasteiger partial charge in [0, 0.05) is 25.5 Å². The number of rotatable bonds is 16. The Bertz CT molecular complexity index is 1670. The normalized spacial score (nSPS) is 33.3. The average Bonchev–Trinajstić information content (AvgIpc) is 3.74. The number of carbonyl (C=O) groups excluding carboxylic acids is 2. The van der Waals surface area contributed by atoms with Crippen molar-refractivity contribution in [2.24, 2.45) is 46.3 Å². The number of amides is 1. The van der Waals surface area contributed by atoms with Crippen LogP contribution in [0.3, 0.4) is 0 Å². The summed E-state index contributed by atoms with van der Waals surface area (Å²) in [4.78, 5) is 48.3. The van der Waals surface area contributed by atoms with Gasteiger partial charge in [0.1, 0.15) is 0 Å². The molecule has 4 aliphatic carbocycles. The first-order chi connectivity index (χ1) is 25.2. The third kappa shape index (κ3) is 7.94. The number of Topliss-reactive ketones (excluding diaryl/α,β-unsaturated/α-hetero) is 1. The summed E-state index contributed by atoms with van der Waals surface area (Å²) in [6.45, 7) is 7.55. The molecule has 1 amide bonds. The number of nitrogens with one attached hydrogen (secondary N) is 2. The summed E-state index contributed by atoms with van der Waals surface area (Å²) < 4.78 is 4.72. The fourth-order valence-electron chi connectivity index (χ4n) is 11.6. The van der Waals surface area contributed by atoms with Crippen LogP contribution in [0.2, 0.25) is 0 Å². The molecule has 0 radical (unpaired) electrons. The van der Waals surface area contributed by atoms with E-state index >= 15 is 0 Å². The van der Waals surface area contributed by atoms with E-state index in [1.54, 1.807) is 6.07 Å². The Morgan fingerprint density at radius 1 is 0.962 bits per heavy atom. The number of ketones is 1. The molecule has 11 atom stereocenters. The summed E-state index contributed by atoms with van der Waals surface area (Å²) in [6, 6.07) is 2.09. The highest BCUT2D eigenvalue weighted by atomic mass is 16.6. The molecule has 1 heterocycles. The predicted molar refractivity (Wildman–Crippen MR) is 196 cm³/mol. The van der Waals surface area contributed by atoms with Gasteiger partial charge in [-0.3, -0.25) is 24.5 Å². The summed E-state index contributed by atoms with van der Waals surface area (Å²) >= 11 is 0. The van der Waals surface area contributed by atoms with Crippen molar-refractivity contribution in [2.75, 3.05) is 11.9 Å². The van der Waals surface area contributed by atoms with Gasteiger partial charge in [0.05, 0.1) is 35.3 Å². The molecule has 6 unspecified atom stereocenters. The molecule has 4 aliphatic rings. The number of nitrogens with zero attached hydrogens (tertiary/aromatic N) is 3. The summed E-state index contributed by atoms with van der Waals surface area (Å²) in [6.07, 6.45) is 9.35. The maximum absolute atomic E-state index is 13.3. The van der Waals surface area contributed by atoms with Crippen molar-refractivity contribution in [3.63, 3.8) is 0 Å². The molecule has 0 spiro atoms. The van der Waals surface area contributed by atoms with E-state index in [1.807, 2.05) is 0 Å². The van der Waals surface area contributed by atoms with Crippen LogP contribution in [0.1, 0.15) is 117 Å². The van der Waals surface area contributed by atoms with Gasteiger partial charge in [-0.25, -0.2) is 4.63 Å². The highest BCUT2D eigenvalue weighted by Gasteiger charge is 2.62. The van der Waals surface area contributed by atoms with Crippen molar-refractivity contribution >= 4 is 40.1 Å². The largest absolute Gasteiger partial charge is 0.481 e. The second kappa shape index (κ2) is 16.0. The Labute approximate surface area is 310 Å². The van der Waals surface area contributed by atoms with E-state index in [0.29, 0.717) is 67.5 Å². The minimum Gasteiger partial charge on any atom is -0.481 e. The number of carbonyl (C=O) groups is 3. The zero-order chi connectivity index (χ0) is 38.1. The van der Waals surface area contributed by atoms with Crippen molar-refractivity contribution in [3.05, 3.63) is 22.2 Å². The highest BCUT2D eigenvalue weighted by Crippen LogP contribution is 2.68. The van der Waals surface area contributed by atoms with E-state index in [-0.39, 0.29) is 76.6 Å². The number of non-ortho nitro benzene ring substituents is 1. The van der Waals surface area contributed by atoms with Gasteiger partial charge in [-0.2, -0.15) is 0 Å². The van der Waals surface area contributed by atoms with Gasteiger partial charge in [0.15, 0.2) is 11.3 Å². The minimum absolute atomic E-state index is 0.0485. The summed E-state index contributed by atoms with van der Waals surface area (Å²) in [5.74, 6) is 0.756.